The summed E-state index contributed by atoms with van der Waals surface area (Å²) in [4.78, 5) is 22.7. The van der Waals surface area contributed by atoms with Crippen LogP contribution in [0.4, 0.5) is 11.5 Å². The Morgan fingerprint density at radius 3 is 2.72 bits per heavy atom. The van der Waals surface area contributed by atoms with Crippen LogP contribution in [0.1, 0.15) is 16.2 Å². The fourth-order valence-corrected chi connectivity index (χ4v) is 1.47. The Morgan fingerprint density at radius 2 is 2.22 bits per heavy atom. The molecule has 0 spiro atoms. The van der Waals surface area contributed by atoms with Gasteiger partial charge in [-0.2, -0.15) is 10.2 Å². The quantitative estimate of drug-likeness (QED) is 0.671. The molecule has 0 aliphatic heterocycles. The summed E-state index contributed by atoms with van der Waals surface area (Å²) in [6.45, 7) is 1.74. The first-order valence-electron chi connectivity index (χ1n) is 5.15. The molecule has 0 fully saturated rings. The SMILES string of the molecule is Cc1nn(C)c(NC(=O)c2ccc(=O)[nH]n2)c1N. The van der Waals surface area contributed by atoms with E-state index in [2.05, 4.69) is 20.6 Å². The molecule has 0 radical (unpaired) electrons. The van der Waals surface area contributed by atoms with Crippen molar-refractivity contribution in [2.75, 3.05) is 11.1 Å². The molecule has 0 bridgehead atoms. The van der Waals surface area contributed by atoms with Crippen molar-refractivity contribution in [1.82, 2.24) is 20.0 Å². The molecule has 0 saturated carbocycles. The molecule has 2 aromatic rings. The molecular weight excluding hydrogens is 236 g/mol. The number of anilines is 2. The van der Waals surface area contributed by atoms with E-state index in [0.29, 0.717) is 17.2 Å². The summed E-state index contributed by atoms with van der Waals surface area (Å²) in [5.74, 6) is -0.0774. The third-order valence-electron chi connectivity index (χ3n) is 2.41. The summed E-state index contributed by atoms with van der Waals surface area (Å²) in [5, 5.41) is 12.5. The van der Waals surface area contributed by atoms with Crippen LogP contribution in [-0.2, 0) is 7.05 Å². The van der Waals surface area contributed by atoms with Crippen LogP contribution >= 0.6 is 0 Å². The topological polar surface area (TPSA) is 119 Å². The lowest BCUT2D eigenvalue weighted by Crippen LogP contribution is -2.19. The zero-order valence-corrected chi connectivity index (χ0v) is 9.89. The molecule has 0 aliphatic carbocycles. The first kappa shape index (κ1) is 11.8. The van der Waals surface area contributed by atoms with Crippen molar-refractivity contribution < 1.29 is 4.79 Å². The van der Waals surface area contributed by atoms with Crippen molar-refractivity contribution in [1.29, 1.82) is 0 Å². The molecule has 8 nitrogen and oxygen atoms in total. The lowest BCUT2D eigenvalue weighted by molar-refractivity contribution is 0.102. The molecule has 2 rings (SSSR count). The minimum atomic E-state index is -0.471. The van der Waals surface area contributed by atoms with Crippen LogP contribution in [0, 0.1) is 6.92 Å². The van der Waals surface area contributed by atoms with Gasteiger partial charge in [0.05, 0.1) is 11.4 Å². The number of rotatable bonds is 2. The van der Waals surface area contributed by atoms with Crippen molar-refractivity contribution in [3.05, 3.63) is 33.9 Å². The number of nitrogens with one attached hydrogen (secondary N) is 2. The van der Waals surface area contributed by atoms with E-state index >= 15 is 0 Å². The number of nitrogens with zero attached hydrogens (tertiary/aromatic N) is 3. The Kier molecular flexibility index (Phi) is 2.84. The predicted octanol–water partition coefficient (Wildman–Crippen LogP) is -0.354. The molecule has 0 atom stereocenters. The molecule has 94 valence electrons. The summed E-state index contributed by atoms with van der Waals surface area (Å²) in [7, 11) is 1.67. The number of aromatic nitrogens is 4. The molecule has 2 aromatic heterocycles. The molecule has 1 amide bonds. The predicted molar refractivity (Wildman–Crippen MR) is 65.2 cm³/mol. The maximum atomic E-state index is 11.8. The van der Waals surface area contributed by atoms with Gasteiger partial charge in [-0.25, -0.2) is 5.10 Å². The van der Waals surface area contributed by atoms with Gasteiger partial charge in [0.25, 0.3) is 11.5 Å². The van der Waals surface area contributed by atoms with E-state index in [0.717, 1.165) is 0 Å². The van der Waals surface area contributed by atoms with Crippen LogP contribution in [0.5, 0.6) is 0 Å². The van der Waals surface area contributed by atoms with Crippen molar-refractivity contribution in [2.24, 2.45) is 7.05 Å². The summed E-state index contributed by atoms with van der Waals surface area (Å²) in [6.07, 6.45) is 0. The zero-order chi connectivity index (χ0) is 13.3. The average Bonchev–Trinajstić information content (AvgIpc) is 2.57. The number of aromatic amines is 1. The highest BCUT2D eigenvalue weighted by atomic mass is 16.2. The van der Waals surface area contributed by atoms with E-state index in [1.807, 2.05) is 0 Å². The van der Waals surface area contributed by atoms with Gasteiger partial charge in [0.15, 0.2) is 5.82 Å². The van der Waals surface area contributed by atoms with Gasteiger partial charge in [-0.15, -0.1) is 0 Å². The molecular formula is C10H12N6O2. The molecule has 0 aromatic carbocycles. The first-order chi connectivity index (χ1) is 8.49. The lowest BCUT2D eigenvalue weighted by Gasteiger charge is -2.05. The zero-order valence-electron chi connectivity index (χ0n) is 9.89. The van der Waals surface area contributed by atoms with Gasteiger partial charge >= 0.3 is 0 Å². The van der Waals surface area contributed by atoms with E-state index in [9.17, 15) is 9.59 Å². The highest BCUT2D eigenvalue weighted by Gasteiger charge is 2.15. The molecule has 18 heavy (non-hydrogen) atoms. The monoisotopic (exact) mass is 248 g/mol. The molecule has 0 aliphatic rings. The van der Waals surface area contributed by atoms with Crippen molar-refractivity contribution >= 4 is 17.4 Å². The number of amides is 1. The Morgan fingerprint density at radius 1 is 1.50 bits per heavy atom. The van der Waals surface area contributed by atoms with Crippen LogP contribution in [0.3, 0.4) is 0 Å². The van der Waals surface area contributed by atoms with Crippen molar-refractivity contribution in [3.63, 3.8) is 0 Å². The number of hydrogen-bond acceptors (Lipinski definition) is 5. The maximum absolute atomic E-state index is 11.8. The lowest BCUT2D eigenvalue weighted by atomic mass is 10.3. The van der Waals surface area contributed by atoms with Crippen molar-refractivity contribution in [3.8, 4) is 0 Å². The van der Waals surface area contributed by atoms with Gasteiger partial charge in [-0.05, 0) is 13.0 Å². The van der Waals surface area contributed by atoms with Gasteiger partial charge in [-0.1, -0.05) is 0 Å². The summed E-state index contributed by atoms with van der Waals surface area (Å²) < 4.78 is 1.47. The summed E-state index contributed by atoms with van der Waals surface area (Å²) in [6, 6.07) is 2.55. The van der Waals surface area contributed by atoms with E-state index in [-0.39, 0.29) is 11.3 Å². The molecule has 0 saturated heterocycles. The second-order valence-corrected chi connectivity index (χ2v) is 3.73. The number of aryl methyl sites for hydroxylation is 2. The minimum Gasteiger partial charge on any atom is -0.394 e. The minimum absolute atomic E-state index is 0.0906. The molecule has 4 N–H and O–H groups in total. The van der Waals surface area contributed by atoms with Crippen LogP contribution in [0.2, 0.25) is 0 Å². The van der Waals surface area contributed by atoms with Crippen LogP contribution in [-0.4, -0.2) is 25.9 Å². The largest absolute Gasteiger partial charge is 0.394 e. The number of H-pyrrole nitrogens is 1. The van der Waals surface area contributed by atoms with Gasteiger partial charge in [0, 0.05) is 13.1 Å². The Balaban J connectivity index is 2.26. The Bertz CT molecular complexity index is 636. The molecule has 0 unspecified atom stereocenters. The third-order valence-corrected chi connectivity index (χ3v) is 2.41. The van der Waals surface area contributed by atoms with Crippen molar-refractivity contribution in [2.45, 2.75) is 6.92 Å². The fourth-order valence-electron chi connectivity index (χ4n) is 1.47. The Labute approximate surface area is 102 Å². The molecule has 8 heteroatoms. The second kappa shape index (κ2) is 4.32. The van der Waals surface area contributed by atoms with E-state index in [1.54, 1.807) is 14.0 Å². The van der Waals surface area contributed by atoms with E-state index in [1.165, 1.54) is 16.8 Å². The number of nitrogen functional groups attached to an aromatic ring is 1. The fraction of sp³-hybridized carbons (Fsp3) is 0.200. The first-order valence-corrected chi connectivity index (χ1v) is 5.15. The van der Waals surface area contributed by atoms with Crippen LogP contribution < -0.4 is 16.6 Å². The number of hydrogen-bond donors (Lipinski definition) is 3. The Hall–Kier alpha value is -2.64. The highest BCUT2D eigenvalue weighted by Crippen LogP contribution is 2.21. The number of carbonyl (C=O) groups excluding carboxylic acids is 1. The van der Waals surface area contributed by atoms with Crippen LogP contribution in [0.15, 0.2) is 16.9 Å². The highest BCUT2D eigenvalue weighted by molar-refractivity contribution is 6.03. The number of nitrogens with two attached hydrogens (primary N) is 1. The normalized spacial score (nSPS) is 10.3. The summed E-state index contributed by atoms with van der Waals surface area (Å²) >= 11 is 0. The van der Waals surface area contributed by atoms with Gasteiger partial charge in [0.1, 0.15) is 5.69 Å². The average molecular weight is 248 g/mol. The second-order valence-electron chi connectivity index (χ2n) is 3.73. The molecule has 2 heterocycles. The van der Waals surface area contributed by atoms with E-state index < -0.39 is 5.91 Å². The van der Waals surface area contributed by atoms with Gasteiger partial charge in [0.2, 0.25) is 0 Å². The smallest absolute Gasteiger partial charge is 0.277 e. The van der Waals surface area contributed by atoms with Gasteiger partial charge in [-0.3, -0.25) is 14.3 Å². The summed E-state index contributed by atoms with van der Waals surface area (Å²) in [5.41, 5.74) is 6.52. The number of carbonyl (C=O) groups is 1. The third kappa shape index (κ3) is 2.08. The maximum Gasteiger partial charge on any atom is 0.277 e. The standard InChI is InChI=1S/C10H12N6O2/c1-5-8(11)9(16(2)15-5)12-10(18)6-3-4-7(17)14-13-6/h3-4H,11H2,1-2H3,(H,12,18)(H,14,17). The van der Waals surface area contributed by atoms with Crippen LogP contribution in [0.25, 0.3) is 0 Å². The van der Waals surface area contributed by atoms with E-state index in [4.69, 9.17) is 5.73 Å². The van der Waals surface area contributed by atoms with Gasteiger partial charge < -0.3 is 11.1 Å².